The minimum absolute atomic E-state index is 0.147. The van der Waals surface area contributed by atoms with Crippen molar-refractivity contribution in [2.45, 2.75) is 25.9 Å². The van der Waals surface area contributed by atoms with Crippen LogP contribution < -0.4 is 5.32 Å². The van der Waals surface area contributed by atoms with Crippen molar-refractivity contribution in [3.63, 3.8) is 0 Å². The zero-order valence-corrected chi connectivity index (χ0v) is 11.7. The van der Waals surface area contributed by atoms with Crippen LogP contribution in [0.15, 0.2) is 0 Å². The Hall–Kier alpha value is -0.810. The number of carbonyl (C=O) groups is 1. The van der Waals surface area contributed by atoms with E-state index >= 15 is 0 Å². The summed E-state index contributed by atoms with van der Waals surface area (Å²) in [6.07, 6.45) is 0. The Morgan fingerprint density at radius 2 is 1.71 bits per heavy atom. The molecule has 1 saturated heterocycles. The average Bonchev–Trinajstić information content (AvgIpc) is 2.25. The SMILES string of the molecule is C[C@H]1CNC[C@H](C)N1C(=O)N(C)CCN(C)C. The third kappa shape index (κ3) is 3.85. The summed E-state index contributed by atoms with van der Waals surface area (Å²) in [5, 5.41) is 3.34. The van der Waals surface area contributed by atoms with Crippen molar-refractivity contribution >= 4 is 6.03 Å². The molecule has 5 heteroatoms. The highest BCUT2D eigenvalue weighted by atomic mass is 16.2. The van der Waals surface area contributed by atoms with E-state index in [1.54, 1.807) is 0 Å². The average molecular weight is 242 g/mol. The highest BCUT2D eigenvalue weighted by molar-refractivity contribution is 5.75. The second kappa shape index (κ2) is 6.21. The summed E-state index contributed by atoms with van der Waals surface area (Å²) < 4.78 is 0. The lowest BCUT2D eigenvalue weighted by molar-refractivity contribution is 0.104. The maximum Gasteiger partial charge on any atom is 0.320 e. The van der Waals surface area contributed by atoms with Crippen LogP contribution in [0.2, 0.25) is 0 Å². The van der Waals surface area contributed by atoms with E-state index in [-0.39, 0.29) is 18.1 Å². The van der Waals surface area contributed by atoms with E-state index in [2.05, 4.69) is 24.1 Å². The standard InChI is InChI=1S/C12H26N4O/c1-10-8-13-9-11(2)16(10)12(17)15(5)7-6-14(3)4/h10-11,13H,6-9H2,1-5H3/t10-,11-/m0/s1. The van der Waals surface area contributed by atoms with Crippen LogP contribution in [-0.4, -0.2) is 80.1 Å². The Bertz CT molecular complexity index is 247. The minimum Gasteiger partial charge on any atom is -0.326 e. The van der Waals surface area contributed by atoms with Gasteiger partial charge in [0.25, 0.3) is 0 Å². The number of carbonyl (C=O) groups excluding carboxylic acids is 1. The van der Waals surface area contributed by atoms with Crippen LogP contribution in [0.25, 0.3) is 0 Å². The summed E-state index contributed by atoms with van der Waals surface area (Å²) in [5.74, 6) is 0. The fourth-order valence-corrected chi connectivity index (χ4v) is 2.15. The van der Waals surface area contributed by atoms with E-state index in [0.717, 1.165) is 26.2 Å². The number of rotatable bonds is 3. The van der Waals surface area contributed by atoms with E-state index in [9.17, 15) is 4.79 Å². The molecule has 17 heavy (non-hydrogen) atoms. The summed E-state index contributed by atoms with van der Waals surface area (Å²) in [7, 11) is 5.93. The molecule has 100 valence electrons. The maximum absolute atomic E-state index is 12.3. The molecule has 2 atom stereocenters. The maximum atomic E-state index is 12.3. The molecule has 5 nitrogen and oxygen atoms in total. The second-order valence-corrected chi connectivity index (χ2v) is 5.27. The molecule has 0 aliphatic carbocycles. The van der Waals surface area contributed by atoms with Gasteiger partial charge in [0.15, 0.2) is 0 Å². The van der Waals surface area contributed by atoms with Gasteiger partial charge in [0, 0.05) is 45.3 Å². The minimum atomic E-state index is 0.147. The van der Waals surface area contributed by atoms with Crippen LogP contribution in [0, 0.1) is 0 Å². The molecule has 0 radical (unpaired) electrons. The summed E-state index contributed by atoms with van der Waals surface area (Å²) in [6.45, 7) is 7.64. The number of nitrogens with one attached hydrogen (secondary N) is 1. The van der Waals surface area contributed by atoms with E-state index in [1.807, 2.05) is 30.9 Å². The fourth-order valence-electron chi connectivity index (χ4n) is 2.15. The van der Waals surface area contributed by atoms with Gasteiger partial charge < -0.3 is 20.0 Å². The first kappa shape index (κ1) is 14.3. The molecule has 0 bridgehead atoms. The lowest BCUT2D eigenvalue weighted by atomic mass is 10.1. The van der Waals surface area contributed by atoms with Crippen molar-refractivity contribution < 1.29 is 4.79 Å². The van der Waals surface area contributed by atoms with E-state index in [0.29, 0.717) is 0 Å². The van der Waals surface area contributed by atoms with Crippen molar-refractivity contribution in [3.05, 3.63) is 0 Å². The summed E-state index contributed by atoms with van der Waals surface area (Å²) in [5.41, 5.74) is 0. The molecule has 1 rings (SSSR count). The zero-order chi connectivity index (χ0) is 13.0. The molecular weight excluding hydrogens is 216 g/mol. The summed E-state index contributed by atoms with van der Waals surface area (Å²) >= 11 is 0. The lowest BCUT2D eigenvalue weighted by Gasteiger charge is -2.41. The molecule has 0 unspecified atom stereocenters. The quantitative estimate of drug-likeness (QED) is 0.773. The first-order valence-corrected chi connectivity index (χ1v) is 6.32. The van der Waals surface area contributed by atoms with Crippen molar-refractivity contribution in [1.82, 2.24) is 20.0 Å². The first-order valence-electron chi connectivity index (χ1n) is 6.32. The van der Waals surface area contributed by atoms with E-state index in [1.165, 1.54) is 0 Å². The van der Waals surface area contributed by atoms with Gasteiger partial charge in [0.05, 0.1) is 0 Å². The lowest BCUT2D eigenvalue weighted by Crippen LogP contribution is -2.60. The monoisotopic (exact) mass is 242 g/mol. The van der Waals surface area contributed by atoms with Crippen LogP contribution in [0.1, 0.15) is 13.8 Å². The molecular formula is C12H26N4O. The molecule has 1 heterocycles. The molecule has 0 aromatic rings. The molecule has 1 aliphatic rings. The number of amides is 2. The van der Waals surface area contributed by atoms with E-state index in [4.69, 9.17) is 0 Å². The van der Waals surface area contributed by atoms with Gasteiger partial charge >= 0.3 is 6.03 Å². The molecule has 1 aliphatic heterocycles. The fraction of sp³-hybridized carbons (Fsp3) is 0.917. The molecule has 1 N–H and O–H groups in total. The molecule has 0 aromatic heterocycles. The van der Waals surface area contributed by atoms with Crippen molar-refractivity contribution in [1.29, 1.82) is 0 Å². The van der Waals surface area contributed by atoms with Gasteiger partial charge in [-0.1, -0.05) is 0 Å². The van der Waals surface area contributed by atoms with E-state index < -0.39 is 0 Å². The van der Waals surface area contributed by atoms with Crippen LogP contribution in [0.4, 0.5) is 4.79 Å². The Labute approximate surface area is 105 Å². The normalized spacial score (nSPS) is 25.2. The number of likely N-dealkylation sites (N-methyl/N-ethyl adjacent to an activating group) is 2. The summed E-state index contributed by atoms with van der Waals surface area (Å²) in [6, 6.07) is 0.689. The Morgan fingerprint density at radius 3 is 2.18 bits per heavy atom. The van der Waals surface area contributed by atoms with Crippen LogP contribution in [-0.2, 0) is 0 Å². The van der Waals surface area contributed by atoms with Crippen molar-refractivity contribution in [2.75, 3.05) is 47.3 Å². The zero-order valence-electron chi connectivity index (χ0n) is 11.7. The van der Waals surface area contributed by atoms with Crippen molar-refractivity contribution in [2.24, 2.45) is 0 Å². The predicted molar refractivity (Wildman–Crippen MR) is 70.2 cm³/mol. The molecule has 2 amide bonds. The summed E-state index contributed by atoms with van der Waals surface area (Å²) in [4.78, 5) is 18.2. The van der Waals surface area contributed by atoms with Crippen molar-refractivity contribution in [3.8, 4) is 0 Å². The van der Waals surface area contributed by atoms with Gasteiger partial charge in [0.2, 0.25) is 0 Å². The number of hydrogen-bond acceptors (Lipinski definition) is 3. The van der Waals surface area contributed by atoms with Crippen LogP contribution >= 0.6 is 0 Å². The number of hydrogen-bond donors (Lipinski definition) is 1. The molecule has 0 saturated carbocycles. The Morgan fingerprint density at radius 1 is 1.18 bits per heavy atom. The Kier molecular flexibility index (Phi) is 5.21. The number of nitrogens with zero attached hydrogens (tertiary/aromatic N) is 3. The van der Waals surface area contributed by atoms with Gasteiger partial charge in [-0.2, -0.15) is 0 Å². The molecule has 1 fully saturated rings. The van der Waals surface area contributed by atoms with Gasteiger partial charge in [-0.3, -0.25) is 0 Å². The highest BCUT2D eigenvalue weighted by Crippen LogP contribution is 2.12. The van der Waals surface area contributed by atoms with Crippen LogP contribution in [0.5, 0.6) is 0 Å². The third-order valence-electron chi connectivity index (χ3n) is 3.26. The number of piperazine rings is 1. The van der Waals surface area contributed by atoms with Crippen LogP contribution in [0.3, 0.4) is 0 Å². The second-order valence-electron chi connectivity index (χ2n) is 5.27. The predicted octanol–water partition coefficient (Wildman–Crippen LogP) is 0.282. The molecule has 0 spiro atoms. The topological polar surface area (TPSA) is 38.8 Å². The Balaban J connectivity index is 2.54. The van der Waals surface area contributed by atoms with Gasteiger partial charge in [-0.25, -0.2) is 4.79 Å². The first-order chi connectivity index (χ1) is 7.93. The van der Waals surface area contributed by atoms with Gasteiger partial charge in [-0.15, -0.1) is 0 Å². The molecule has 0 aromatic carbocycles. The van der Waals surface area contributed by atoms with Gasteiger partial charge in [0.1, 0.15) is 0 Å². The number of urea groups is 1. The third-order valence-corrected chi connectivity index (χ3v) is 3.26. The van der Waals surface area contributed by atoms with Gasteiger partial charge in [-0.05, 0) is 27.9 Å². The smallest absolute Gasteiger partial charge is 0.320 e. The largest absolute Gasteiger partial charge is 0.326 e. The highest BCUT2D eigenvalue weighted by Gasteiger charge is 2.30.